The molecule has 2 heterocycles. The number of allylic oxidation sites excluding steroid dienone is 3. The van der Waals surface area contributed by atoms with E-state index >= 15 is 0 Å². The number of terminal acetylenes is 1. The maximum absolute atomic E-state index is 11.8. The summed E-state index contributed by atoms with van der Waals surface area (Å²) >= 11 is 0. The second-order valence-electron chi connectivity index (χ2n) is 17.1. The summed E-state index contributed by atoms with van der Waals surface area (Å²) in [6.07, 6.45) is 16.9. The highest BCUT2D eigenvalue weighted by Gasteiger charge is 2.27. The summed E-state index contributed by atoms with van der Waals surface area (Å²) in [5.74, 6) is 5.32. The van der Waals surface area contributed by atoms with Crippen LogP contribution >= 0.6 is 10.7 Å². The van der Waals surface area contributed by atoms with Gasteiger partial charge in [-0.1, -0.05) is 140 Å². The van der Waals surface area contributed by atoms with Gasteiger partial charge in [-0.25, -0.2) is 0 Å². The lowest BCUT2D eigenvalue weighted by molar-refractivity contribution is -0.133. The van der Waals surface area contributed by atoms with E-state index in [-0.39, 0.29) is 27.4 Å². The van der Waals surface area contributed by atoms with Gasteiger partial charge in [-0.15, -0.1) is 19.4 Å². The Bertz CT molecular complexity index is 1550. The Morgan fingerprint density at radius 1 is 0.930 bits per heavy atom. The number of primary amides is 1. The SMILES string of the molecule is C#C.C=C(C)N1CCc2ccccc2C1.C=CC(C)[C@H](C)CC(=C)NS(=C)c1ccccc1.C=CN.CC(C)(C)CC(N)=O.C[C@@H]1CCCN1C(=O)CC(C)(C)C. The van der Waals surface area contributed by atoms with Gasteiger partial charge in [-0.05, 0) is 91.7 Å². The van der Waals surface area contributed by atoms with E-state index in [0.717, 1.165) is 38.2 Å². The molecule has 0 aromatic heterocycles. The third kappa shape index (κ3) is 26.1. The molecule has 57 heavy (non-hydrogen) atoms. The van der Waals surface area contributed by atoms with Crippen LogP contribution in [0.25, 0.3) is 0 Å². The van der Waals surface area contributed by atoms with Crippen LogP contribution in [0, 0.1) is 35.5 Å². The summed E-state index contributed by atoms with van der Waals surface area (Å²) in [6, 6.07) is 19.4. The molecule has 8 heteroatoms. The first-order valence-corrected chi connectivity index (χ1v) is 21.3. The minimum Gasteiger partial charge on any atom is -0.405 e. The molecule has 2 aliphatic heterocycles. The Hall–Kier alpha value is -4.48. The fraction of sp³-hybridized carbons (Fsp3) is 0.490. The van der Waals surface area contributed by atoms with Gasteiger partial charge in [-0.2, -0.15) is 0 Å². The molecular formula is C49H79N5O2S. The lowest BCUT2D eigenvalue weighted by atomic mass is 9.91. The van der Waals surface area contributed by atoms with Crippen molar-refractivity contribution in [3.05, 3.63) is 116 Å². The Labute approximate surface area is 352 Å². The van der Waals surface area contributed by atoms with Crippen LogP contribution in [0.2, 0.25) is 0 Å². The first-order chi connectivity index (χ1) is 26.5. The van der Waals surface area contributed by atoms with Crippen LogP contribution in [0.15, 0.2) is 109 Å². The number of carbonyl (C=O) groups excluding carboxylic acids is 2. The summed E-state index contributed by atoms with van der Waals surface area (Å²) in [7, 11) is -0.220. The first-order valence-electron chi connectivity index (χ1n) is 19.9. The number of fused-ring (bicyclic) bond motifs is 1. The lowest BCUT2D eigenvalue weighted by Gasteiger charge is -2.30. The number of rotatable bonds is 10. The fourth-order valence-corrected chi connectivity index (χ4v) is 6.90. The van der Waals surface area contributed by atoms with Crippen LogP contribution in [0.1, 0.15) is 112 Å². The molecule has 4 rings (SSSR count). The number of amides is 2. The quantitative estimate of drug-likeness (QED) is 0.126. The van der Waals surface area contributed by atoms with E-state index in [1.165, 1.54) is 40.8 Å². The number of nitrogens with one attached hydrogen (secondary N) is 1. The van der Waals surface area contributed by atoms with Crippen LogP contribution in [-0.2, 0) is 22.6 Å². The van der Waals surface area contributed by atoms with Crippen molar-refractivity contribution in [2.75, 3.05) is 13.1 Å². The highest BCUT2D eigenvalue weighted by Crippen LogP contribution is 2.26. The number of benzene rings is 2. The zero-order valence-electron chi connectivity index (χ0n) is 37.4. The molecular weight excluding hydrogens is 723 g/mol. The van der Waals surface area contributed by atoms with E-state index in [1.807, 2.05) is 49.9 Å². The molecule has 318 valence electrons. The topological polar surface area (TPSA) is 105 Å². The largest absolute Gasteiger partial charge is 0.405 e. The molecule has 0 bridgehead atoms. The summed E-state index contributed by atoms with van der Waals surface area (Å²) in [5.41, 5.74) is 14.9. The van der Waals surface area contributed by atoms with Crippen molar-refractivity contribution in [2.24, 2.45) is 34.1 Å². The molecule has 5 N–H and O–H groups in total. The van der Waals surface area contributed by atoms with Gasteiger partial charge in [0.1, 0.15) is 0 Å². The monoisotopic (exact) mass is 802 g/mol. The molecule has 0 radical (unpaired) electrons. The van der Waals surface area contributed by atoms with Gasteiger partial charge in [0.25, 0.3) is 0 Å². The minimum atomic E-state index is -0.225. The molecule has 0 aliphatic carbocycles. The number of nitrogens with two attached hydrogens (primary N) is 2. The predicted molar refractivity (Wildman–Crippen MR) is 252 cm³/mol. The summed E-state index contributed by atoms with van der Waals surface area (Å²) < 4.78 is 3.39. The highest BCUT2D eigenvalue weighted by molar-refractivity contribution is 8.12. The van der Waals surface area contributed by atoms with Gasteiger partial charge < -0.3 is 26.0 Å². The standard InChI is InChI=1S/C16H23NS.C12H15N.C11H21NO.C6H13NO.C2H5N.C2H2/c1-6-13(2)14(3)12-15(4)17-18(5)16-10-8-7-9-11-16;1-10(2)13-8-7-11-5-3-4-6-12(11)9-13;1-9-6-5-7-12(9)10(13)8-11(2,3)4;1-6(2,3)4-5(7)8;1-2-3;1-2/h6-11,13-14,17H,1,4-5,12H2,2-3H3;3-6H,1,7-9H2,2H3;9H,5-8H2,1-4H3;4H2,1-3H3,(H2,7,8);2H,1,3H2;1-2H/t13?,14-,18?;;9-;;;/m1.1.../s1. The second kappa shape index (κ2) is 28.8. The smallest absolute Gasteiger partial charge is 0.223 e. The second-order valence-corrected chi connectivity index (χ2v) is 18.6. The minimum absolute atomic E-state index is 0.0475. The van der Waals surface area contributed by atoms with E-state index in [0.29, 0.717) is 36.6 Å². The summed E-state index contributed by atoms with van der Waals surface area (Å²) in [6.45, 7) is 39.1. The van der Waals surface area contributed by atoms with E-state index < -0.39 is 0 Å². The van der Waals surface area contributed by atoms with Crippen molar-refractivity contribution in [1.82, 2.24) is 14.5 Å². The fourth-order valence-electron chi connectivity index (χ4n) is 5.87. The maximum Gasteiger partial charge on any atom is 0.223 e. The molecule has 2 aliphatic rings. The van der Waals surface area contributed by atoms with Crippen LogP contribution in [0.4, 0.5) is 0 Å². The van der Waals surface area contributed by atoms with Crippen LogP contribution in [-0.4, -0.2) is 46.6 Å². The Balaban J connectivity index is 0. The molecule has 1 fully saturated rings. The van der Waals surface area contributed by atoms with E-state index in [1.54, 1.807) is 0 Å². The van der Waals surface area contributed by atoms with Gasteiger partial charge in [0.15, 0.2) is 0 Å². The number of hydrogen-bond acceptors (Lipinski definition) is 5. The molecule has 4 atom stereocenters. The Morgan fingerprint density at radius 2 is 1.44 bits per heavy atom. The number of hydrogen-bond donors (Lipinski definition) is 3. The van der Waals surface area contributed by atoms with Crippen molar-refractivity contribution >= 4 is 28.4 Å². The zero-order chi connectivity index (χ0) is 44.4. The van der Waals surface area contributed by atoms with Gasteiger partial charge in [0.2, 0.25) is 11.8 Å². The van der Waals surface area contributed by atoms with Gasteiger partial charge >= 0.3 is 0 Å². The number of nitrogens with zero attached hydrogens (tertiary/aromatic N) is 2. The van der Waals surface area contributed by atoms with E-state index in [4.69, 9.17) is 5.73 Å². The van der Waals surface area contributed by atoms with Gasteiger partial charge in [-0.3, -0.25) is 9.59 Å². The summed E-state index contributed by atoms with van der Waals surface area (Å²) in [5, 5.41) is 0. The molecule has 7 nitrogen and oxygen atoms in total. The first kappa shape index (κ1) is 54.6. The van der Waals surface area contributed by atoms with Crippen LogP contribution in [0.3, 0.4) is 0 Å². The van der Waals surface area contributed by atoms with Gasteiger partial charge in [0.05, 0.1) is 0 Å². The van der Waals surface area contributed by atoms with Gasteiger partial charge in [0, 0.05) is 54.8 Å². The lowest BCUT2D eigenvalue weighted by Crippen LogP contribution is -2.35. The average Bonchev–Trinajstić information content (AvgIpc) is 3.57. The van der Waals surface area contributed by atoms with Crippen molar-refractivity contribution in [1.29, 1.82) is 0 Å². The van der Waals surface area contributed by atoms with Crippen LogP contribution in [0.5, 0.6) is 0 Å². The number of carbonyl (C=O) groups is 2. The molecule has 2 amide bonds. The van der Waals surface area contributed by atoms with Crippen molar-refractivity contribution in [3.8, 4) is 12.8 Å². The van der Waals surface area contributed by atoms with Crippen LogP contribution < -0.4 is 16.2 Å². The molecule has 2 aromatic carbocycles. The molecule has 2 unspecified atom stereocenters. The van der Waals surface area contributed by atoms with E-state index in [9.17, 15) is 9.59 Å². The third-order valence-corrected chi connectivity index (χ3v) is 10.4. The highest BCUT2D eigenvalue weighted by atomic mass is 32.2. The molecule has 0 saturated carbocycles. The Morgan fingerprint density at radius 3 is 1.86 bits per heavy atom. The maximum atomic E-state index is 11.8. The third-order valence-electron chi connectivity index (χ3n) is 9.06. The summed E-state index contributed by atoms with van der Waals surface area (Å²) in [4.78, 5) is 27.6. The van der Waals surface area contributed by atoms with Crippen molar-refractivity contribution < 1.29 is 9.59 Å². The zero-order valence-corrected chi connectivity index (χ0v) is 38.2. The molecule has 2 aromatic rings. The normalized spacial score (nSPS) is 15.6. The van der Waals surface area contributed by atoms with E-state index in [2.05, 4.69) is 145 Å². The molecule has 1 saturated heterocycles. The molecule has 0 spiro atoms. The van der Waals surface area contributed by atoms with Crippen molar-refractivity contribution in [3.63, 3.8) is 0 Å². The average molecular weight is 802 g/mol. The Kier molecular flexibility index (Phi) is 27.6. The predicted octanol–water partition coefficient (Wildman–Crippen LogP) is 10.9. The van der Waals surface area contributed by atoms with Crippen molar-refractivity contribution in [2.45, 2.75) is 125 Å². The number of likely N-dealkylation sites (tertiary alicyclic amines) is 1.